The number of amides is 2. The van der Waals surface area contributed by atoms with Crippen LogP contribution in [0, 0.1) is 0 Å². The van der Waals surface area contributed by atoms with Crippen molar-refractivity contribution >= 4 is 23.4 Å². The van der Waals surface area contributed by atoms with Gasteiger partial charge in [0.1, 0.15) is 6.04 Å². The quantitative estimate of drug-likeness (QED) is 0.866. The number of hydrogen-bond donors (Lipinski definition) is 1. The maximum atomic E-state index is 13.3. The van der Waals surface area contributed by atoms with Gasteiger partial charge in [0, 0.05) is 32.1 Å². The van der Waals surface area contributed by atoms with Gasteiger partial charge in [-0.3, -0.25) is 9.59 Å². The van der Waals surface area contributed by atoms with E-state index < -0.39 is 6.04 Å². The smallest absolute Gasteiger partial charge is 0.256 e. The minimum atomic E-state index is -0.533. The second-order valence-corrected chi connectivity index (χ2v) is 7.64. The van der Waals surface area contributed by atoms with Crippen LogP contribution in [0.1, 0.15) is 27.9 Å². The largest absolute Gasteiger partial charge is 0.339 e. The van der Waals surface area contributed by atoms with Crippen LogP contribution in [0.2, 0.25) is 5.02 Å². The van der Waals surface area contributed by atoms with E-state index in [1.54, 1.807) is 34.1 Å². The summed E-state index contributed by atoms with van der Waals surface area (Å²) in [5.74, 6) is -0.241. The molecule has 0 saturated carbocycles. The van der Waals surface area contributed by atoms with Gasteiger partial charge in [-0.05, 0) is 29.7 Å². The van der Waals surface area contributed by atoms with Crippen LogP contribution in [0.25, 0.3) is 0 Å². The fourth-order valence-corrected chi connectivity index (χ4v) is 4.16. The molecule has 0 bridgehead atoms. The summed E-state index contributed by atoms with van der Waals surface area (Å²) in [6.07, 6.45) is 1.31. The highest BCUT2D eigenvalue weighted by Crippen LogP contribution is 2.28. The van der Waals surface area contributed by atoms with Crippen LogP contribution in [0.3, 0.4) is 0 Å². The number of benzene rings is 2. The number of fused-ring (bicyclic) bond motifs is 1. The predicted molar refractivity (Wildman–Crippen MR) is 104 cm³/mol. The van der Waals surface area contributed by atoms with Crippen LogP contribution in [-0.2, 0) is 17.8 Å². The van der Waals surface area contributed by atoms with E-state index in [2.05, 4.69) is 0 Å². The van der Waals surface area contributed by atoms with Crippen LogP contribution in [-0.4, -0.2) is 46.8 Å². The molecule has 2 aliphatic heterocycles. The highest BCUT2D eigenvalue weighted by molar-refractivity contribution is 6.33. The molecule has 5 nitrogen and oxygen atoms in total. The van der Waals surface area contributed by atoms with Gasteiger partial charge in [-0.25, -0.2) is 0 Å². The molecule has 0 aliphatic carbocycles. The van der Waals surface area contributed by atoms with Crippen LogP contribution in [0.15, 0.2) is 48.5 Å². The molecule has 6 heteroatoms. The number of nitrogens with two attached hydrogens (primary N) is 1. The molecular weight excluding hydrogens is 362 g/mol. The average Bonchev–Trinajstić information content (AvgIpc) is 3.12. The zero-order valence-electron chi connectivity index (χ0n) is 15.0. The lowest BCUT2D eigenvalue weighted by Gasteiger charge is -2.38. The summed E-state index contributed by atoms with van der Waals surface area (Å²) in [5, 5.41) is 0.399. The van der Waals surface area contributed by atoms with Gasteiger partial charge in [0.05, 0.1) is 10.6 Å². The number of rotatable bonds is 2. The van der Waals surface area contributed by atoms with Crippen molar-refractivity contribution in [2.75, 3.05) is 13.1 Å². The summed E-state index contributed by atoms with van der Waals surface area (Å²) in [5.41, 5.74) is 8.59. The lowest BCUT2D eigenvalue weighted by atomic mass is 9.92. The first kappa shape index (κ1) is 18.0. The highest BCUT2D eigenvalue weighted by atomic mass is 35.5. The number of halogens is 1. The van der Waals surface area contributed by atoms with Gasteiger partial charge >= 0.3 is 0 Å². The second-order valence-electron chi connectivity index (χ2n) is 7.23. The molecule has 0 aromatic heterocycles. The lowest BCUT2D eigenvalue weighted by molar-refractivity contribution is -0.135. The Morgan fingerprint density at radius 3 is 2.44 bits per heavy atom. The molecule has 4 rings (SSSR count). The van der Waals surface area contributed by atoms with Gasteiger partial charge < -0.3 is 15.5 Å². The highest BCUT2D eigenvalue weighted by Gasteiger charge is 2.39. The molecule has 0 radical (unpaired) electrons. The average molecular weight is 384 g/mol. The summed E-state index contributed by atoms with van der Waals surface area (Å²) in [6, 6.07) is 14.4. The summed E-state index contributed by atoms with van der Waals surface area (Å²) < 4.78 is 0. The molecule has 1 saturated heterocycles. The normalized spacial score (nSPS) is 21.9. The Labute approximate surface area is 163 Å². The molecule has 2 aromatic rings. The first-order chi connectivity index (χ1) is 13.0. The zero-order valence-corrected chi connectivity index (χ0v) is 15.7. The fraction of sp³-hybridized carbons (Fsp3) is 0.333. The van der Waals surface area contributed by atoms with E-state index >= 15 is 0 Å². The van der Waals surface area contributed by atoms with E-state index in [0.29, 0.717) is 36.6 Å². The van der Waals surface area contributed by atoms with Crippen molar-refractivity contribution in [1.82, 2.24) is 9.80 Å². The van der Waals surface area contributed by atoms with Gasteiger partial charge in [-0.2, -0.15) is 0 Å². The maximum absolute atomic E-state index is 13.3. The Morgan fingerprint density at radius 1 is 1.04 bits per heavy atom. The number of carbonyl (C=O) groups excluding carboxylic acids is 2. The van der Waals surface area contributed by atoms with Crippen LogP contribution in [0.5, 0.6) is 0 Å². The molecule has 2 heterocycles. The Hall–Kier alpha value is -2.37. The molecule has 1 fully saturated rings. The third-order valence-electron chi connectivity index (χ3n) is 5.44. The second kappa shape index (κ2) is 7.33. The molecule has 140 valence electrons. The molecular formula is C21H22ClN3O2. The molecule has 1 unspecified atom stereocenters. The Morgan fingerprint density at radius 2 is 1.74 bits per heavy atom. The zero-order chi connectivity index (χ0) is 19.0. The van der Waals surface area contributed by atoms with Crippen molar-refractivity contribution in [3.63, 3.8) is 0 Å². The molecule has 2 N–H and O–H groups in total. The van der Waals surface area contributed by atoms with E-state index in [0.717, 1.165) is 17.5 Å². The van der Waals surface area contributed by atoms with Crippen molar-refractivity contribution < 1.29 is 9.59 Å². The Kier molecular flexibility index (Phi) is 4.89. The minimum absolute atomic E-state index is 0.0116. The number of likely N-dealkylation sites (tertiary alicyclic amines) is 1. The summed E-state index contributed by atoms with van der Waals surface area (Å²) in [4.78, 5) is 30.0. The molecule has 2 aliphatic rings. The molecule has 0 spiro atoms. The van der Waals surface area contributed by atoms with E-state index in [9.17, 15) is 9.59 Å². The van der Waals surface area contributed by atoms with E-state index in [-0.39, 0.29) is 17.9 Å². The van der Waals surface area contributed by atoms with Crippen molar-refractivity contribution in [2.45, 2.75) is 31.5 Å². The number of carbonyl (C=O) groups is 2. The first-order valence-corrected chi connectivity index (χ1v) is 9.59. The fourth-order valence-electron chi connectivity index (χ4n) is 3.94. The summed E-state index contributed by atoms with van der Waals surface area (Å²) in [6.45, 7) is 1.59. The van der Waals surface area contributed by atoms with E-state index in [4.69, 9.17) is 17.3 Å². The van der Waals surface area contributed by atoms with Crippen molar-refractivity contribution in [3.05, 3.63) is 70.2 Å². The lowest BCUT2D eigenvalue weighted by Crippen LogP contribution is -2.53. The SMILES string of the molecule is N[C@@H]1CCN(C(=O)C2Cc3ccccc3CN2C(=O)c2ccccc2Cl)C1. The first-order valence-electron chi connectivity index (χ1n) is 9.21. The van der Waals surface area contributed by atoms with Crippen LogP contribution >= 0.6 is 11.6 Å². The van der Waals surface area contributed by atoms with Gasteiger partial charge in [-0.1, -0.05) is 48.0 Å². The summed E-state index contributed by atoms with van der Waals surface area (Å²) in [7, 11) is 0. The Bertz CT molecular complexity index is 885. The third-order valence-corrected chi connectivity index (χ3v) is 5.76. The topological polar surface area (TPSA) is 66.6 Å². The van der Waals surface area contributed by atoms with Gasteiger partial charge in [-0.15, -0.1) is 0 Å². The van der Waals surface area contributed by atoms with Crippen LogP contribution < -0.4 is 5.73 Å². The summed E-state index contributed by atoms with van der Waals surface area (Å²) >= 11 is 6.25. The molecule has 2 aromatic carbocycles. The van der Waals surface area contributed by atoms with Gasteiger partial charge in [0.25, 0.3) is 5.91 Å². The number of hydrogen-bond acceptors (Lipinski definition) is 3. The monoisotopic (exact) mass is 383 g/mol. The number of nitrogens with zero attached hydrogens (tertiary/aromatic N) is 2. The van der Waals surface area contributed by atoms with Crippen LogP contribution in [0.4, 0.5) is 0 Å². The van der Waals surface area contributed by atoms with Crippen molar-refractivity contribution in [1.29, 1.82) is 0 Å². The standard InChI is InChI=1S/C21H22ClN3O2/c22-18-8-4-3-7-17(18)20(26)25-12-15-6-2-1-5-14(15)11-19(25)21(27)24-10-9-16(23)13-24/h1-8,16,19H,9-13,23H2/t16-,19?/m1/s1. The molecule has 2 atom stereocenters. The van der Waals surface area contributed by atoms with E-state index in [1.807, 2.05) is 24.3 Å². The minimum Gasteiger partial charge on any atom is -0.339 e. The van der Waals surface area contributed by atoms with Crippen molar-refractivity contribution in [3.8, 4) is 0 Å². The van der Waals surface area contributed by atoms with E-state index in [1.165, 1.54) is 0 Å². The molecule has 2 amide bonds. The maximum Gasteiger partial charge on any atom is 0.256 e. The van der Waals surface area contributed by atoms with Gasteiger partial charge in [0.2, 0.25) is 5.91 Å². The Balaban J connectivity index is 1.68. The van der Waals surface area contributed by atoms with Gasteiger partial charge in [0.15, 0.2) is 0 Å². The molecule has 27 heavy (non-hydrogen) atoms. The third kappa shape index (κ3) is 3.45. The van der Waals surface area contributed by atoms with Crippen molar-refractivity contribution in [2.24, 2.45) is 5.73 Å². The predicted octanol–water partition coefficient (Wildman–Crippen LogP) is 2.47.